The predicted molar refractivity (Wildman–Crippen MR) is 81.8 cm³/mol. The van der Waals surface area contributed by atoms with E-state index in [2.05, 4.69) is 5.32 Å². The topological polar surface area (TPSA) is 92.4 Å². The molecule has 0 aliphatic rings. The quantitative estimate of drug-likeness (QED) is 0.678. The van der Waals surface area contributed by atoms with Crippen molar-refractivity contribution in [3.63, 3.8) is 0 Å². The van der Waals surface area contributed by atoms with E-state index < -0.39 is 17.4 Å². The third-order valence-electron chi connectivity index (χ3n) is 3.87. The fourth-order valence-electron chi connectivity index (χ4n) is 1.86. The summed E-state index contributed by atoms with van der Waals surface area (Å²) in [5.41, 5.74) is 6.03. The van der Waals surface area contributed by atoms with Crippen LogP contribution in [-0.2, 0) is 16.0 Å². The highest BCUT2D eigenvalue weighted by molar-refractivity contribution is 5.82. The molecule has 0 aliphatic carbocycles. The van der Waals surface area contributed by atoms with E-state index in [-0.39, 0.29) is 12.5 Å². The Labute approximate surface area is 125 Å². The molecule has 0 saturated heterocycles. The van der Waals surface area contributed by atoms with Gasteiger partial charge in [-0.15, -0.1) is 0 Å². The minimum absolute atomic E-state index is 0.0940. The fraction of sp³-hybridized carbons (Fsp3) is 0.500. The van der Waals surface area contributed by atoms with Crippen molar-refractivity contribution >= 4 is 11.9 Å². The van der Waals surface area contributed by atoms with Gasteiger partial charge < -0.3 is 16.2 Å². The molecule has 0 bridgehead atoms. The summed E-state index contributed by atoms with van der Waals surface area (Å²) < 4.78 is 0. The van der Waals surface area contributed by atoms with E-state index in [0.29, 0.717) is 12.8 Å². The van der Waals surface area contributed by atoms with Crippen LogP contribution in [0.2, 0.25) is 0 Å². The van der Waals surface area contributed by atoms with Crippen molar-refractivity contribution in [1.82, 2.24) is 5.32 Å². The second kappa shape index (κ2) is 7.78. The van der Waals surface area contributed by atoms with Crippen molar-refractivity contribution in [2.75, 3.05) is 6.54 Å². The SMILES string of the molecule is CCC(C)(CNC(=O)[C@@H](N)CCc1ccccc1)C(=O)O. The minimum Gasteiger partial charge on any atom is -0.481 e. The number of benzene rings is 1. The van der Waals surface area contributed by atoms with Gasteiger partial charge in [-0.05, 0) is 31.7 Å². The zero-order valence-electron chi connectivity index (χ0n) is 12.6. The maximum Gasteiger partial charge on any atom is 0.311 e. The largest absolute Gasteiger partial charge is 0.481 e. The van der Waals surface area contributed by atoms with Gasteiger partial charge in [-0.25, -0.2) is 0 Å². The number of nitrogens with two attached hydrogens (primary N) is 1. The van der Waals surface area contributed by atoms with Crippen molar-refractivity contribution < 1.29 is 14.7 Å². The van der Waals surface area contributed by atoms with Crippen LogP contribution in [0.15, 0.2) is 30.3 Å². The highest BCUT2D eigenvalue weighted by Crippen LogP contribution is 2.19. The lowest BCUT2D eigenvalue weighted by atomic mass is 9.87. The molecular formula is C16H24N2O3. The van der Waals surface area contributed by atoms with Gasteiger partial charge in [0.2, 0.25) is 5.91 Å². The molecule has 5 nitrogen and oxygen atoms in total. The second-order valence-electron chi connectivity index (χ2n) is 5.57. The Bertz CT molecular complexity index is 476. The molecule has 0 aliphatic heterocycles. The van der Waals surface area contributed by atoms with Gasteiger partial charge in [0.05, 0.1) is 11.5 Å². The number of hydrogen-bond donors (Lipinski definition) is 3. The van der Waals surface area contributed by atoms with E-state index in [1.54, 1.807) is 13.8 Å². The Morgan fingerprint density at radius 2 is 1.95 bits per heavy atom. The summed E-state index contributed by atoms with van der Waals surface area (Å²) in [6.45, 7) is 3.50. The number of amides is 1. The Morgan fingerprint density at radius 3 is 2.48 bits per heavy atom. The molecule has 21 heavy (non-hydrogen) atoms. The van der Waals surface area contributed by atoms with Crippen LogP contribution in [0.5, 0.6) is 0 Å². The highest BCUT2D eigenvalue weighted by atomic mass is 16.4. The molecule has 4 N–H and O–H groups in total. The van der Waals surface area contributed by atoms with E-state index in [4.69, 9.17) is 10.8 Å². The van der Waals surface area contributed by atoms with Crippen LogP contribution in [0.25, 0.3) is 0 Å². The molecule has 1 rings (SSSR count). The van der Waals surface area contributed by atoms with Crippen molar-refractivity contribution in [2.45, 2.75) is 39.2 Å². The molecule has 1 unspecified atom stereocenters. The Morgan fingerprint density at radius 1 is 1.33 bits per heavy atom. The summed E-state index contributed by atoms with van der Waals surface area (Å²) >= 11 is 0. The molecule has 0 fully saturated rings. The number of aryl methyl sites for hydroxylation is 1. The first-order valence-corrected chi connectivity index (χ1v) is 7.19. The normalized spacial score (nSPS) is 15.0. The van der Waals surface area contributed by atoms with Gasteiger partial charge in [0.25, 0.3) is 0 Å². The lowest BCUT2D eigenvalue weighted by Gasteiger charge is -2.24. The first kappa shape index (κ1) is 17.2. The van der Waals surface area contributed by atoms with Crippen LogP contribution in [0.4, 0.5) is 0 Å². The second-order valence-corrected chi connectivity index (χ2v) is 5.57. The number of carboxylic acid groups (broad SMARTS) is 1. The minimum atomic E-state index is -0.950. The van der Waals surface area contributed by atoms with Gasteiger partial charge in [-0.2, -0.15) is 0 Å². The lowest BCUT2D eigenvalue weighted by Crippen LogP contribution is -2.47. The van der Waals surface area contributed by atoms with Crippen LogP contribution >= 0.6 is 0 Å². The van der Waals surface area contributed by atoms with E-state index in [9.17, 15) is 9.59 Å². The number of aliphatic carboxylic acids is 1. The third-order valence-corrected chi connectivity index (χ3v) is 3.87. The number of hydrogen-bond acceptors (Lipinski definition) is 3. The van der Waals surface area contributed by atoms with Gasteiger partial charge >= 0.3 is 5.97 Å². The first-order chi connectivity index (χ1) is 9.89. The standard InChI is InChI=1S/C16H24N2O3/c1-3-16(2,15(20)21)11-18-14(19)13(17)10-9-12-7-5-4-6-8-12/h4-8,13H,3,9-11,17H2,1-2H3,(H,18,19)(H,20,21)/t13-,16?/m0/s1. The van der Waals surface area contributed by atoms with E-state index in [0.717, 1.165) is 12.0 Å². The fourth-order valence-corrected chi connectivity index (χ4v) is 1.86. The molecule has 1 amide bonds. The van der Waals surface area contributed by atoms with Crippen LogP contribution in [-0.4, -0.2) is 29.6 Å². The average molecular weight is 292 g/mol. The zero-order valence-corrected chi connectivity index (χ0v) is 12.6. The number of carbonyl (C=O) groups is 2. The van der Waals surface area contributed by atoms with Crippen LogP contribution in [0.3, 0.4) is 0 Å². The average Bonchev–Trinajstić information content (AvgIpc) is 2.50. The molecule has 0 saturated carbocycles. The number of carboxylic acids is 1. The van der Waals surface area contributed by atoms with Gasteiger partial charge in [0.1, 0.15) is 0 Å². The molecule has 0 aromatic heterocycles. The Kier molecular flexibility index (Phi) is 6.37. The van der Waals surface area contributed by atoms with Crippen LogP contribution in [0, 0.1) is 5.41 Å². The summed E-state index contributed by atoms with van der Waals surface area (Å²) in [6.07, 6.45) is 1.70. The molecule has 2 atom stereocenters. The third kappa shape index (κ3) is 5.19. The summed E-state index contributed by atoms with van der Waals surface area (Å²) in [6, 6.07) is 9.18. The van der Waals surface area contributed by atoms with Crippen molar-refractivity contribution in [3.8, 4) is 0 Å². The van der Waals surface area contributed by atoms with E-state index in [1.807, 2.05) is 30.3 Å². The van der Waals surface area contributed by atoms with Gasteiger partial charge in [-0.1, -0.05) is 37.3 Å². The maximum absolute atomic E-state index is 11.9. The molecule has 0 spiro atoms. The maximum atomic E-state index is 11.9. The molecule has 0 radical (unpaired) electrons. The van der Waals surface area contributed by atoms with Crippen molar-refractivity contribution in [3.05, 3.63) is 35.9 Å². The molecule has 1 aromatic rings. The predicted octanol–water partition coefficient (Wildman–Crippen LogP) is 1.56. The van der Waals surface area contributed by atoms with E-state index >= 15 is 0 Å². The van der Waals surface area contributed by atoms with Crippen molar-refractivity contribution in [2.24, 2.45) is 11.1 Å². The molecular weight excluding hydrogens is 268 g/mol. The first-order valence-electron chi connectivity index (χ1n) is 7.19. The van der Waals surface area contributed by atoms with Gasteiger partial charge in [0, 0.05) is 6.54 Å². The summed E-state index contributed by atoms with van der Waals surface area (Å²) in [4.78, 5) is 23.1. The van der Waals surface area contributed by atoms with Gasteiger partial charge in [0.15, 0.2) is 0 Å². The number of nitrogens with one attached hydrogen (secondary N) is 1. The zero-order chi connectivity index (χ0) is 15.9. The summed E-state index contributed by atoms with van der Waals surface area (Å²) in [7, 11) is 0. The monoisotopic (exact) mass is 292 g/mol. The molecule has 1 aromatic carbocycles. The summed E-state index contributed by atoms with van der Waals surface area (Å²) in [5.74, 6) is -1.21. The Balaban J connectivity index is 2.43. The molecule has 5 heteroatoms. The smallest absolute Gasteiger partial charge is 0.311 e. The summed E-state index contributed by atoms with van der Waals surface area (Å²) in [5, 5.41) is 11.8. The Hall–Kier alpha value is -1.88. The number of carbonyl (C=O) groups excluding carboxylic acids is 1. The van der Waals surface area contributed by atoms with Crippen molar-refractivity contribution in [1.29, 1.82) is 0 Å². The van der Waals surface area contributed by atoms with Crippen LogP contribution in [0.1, 0.15) is 32.3 Å². The van der Waals surface area contributed by atoms with Gasteiger partial charge in [-0.3, -0.25) is 9.59 Å². The lowest BCUT2D eigenvalue weighted by molar-refractivity contribution is -0.148. The van der Waals surface area contributed by atoms with E-state index in [1.165, 1.54) is 0 Å². The molecule has 116 valence electrons. The highest BCUT2D eigenvalue weighted by Gasteiger charge is 2.31. The molecule has 0 heterocycles. The number of rotatable bonds is 8. The van der Waals surface area contributed by atoms with Crippen LogP contribution < -0.4 is 11.1 Å².